The van der Waals surface area contributed by atoms with E-state index < -0.39 is 0 Å². The molecule has 0 spiro atoms. The van der Waals surface area contributed by atoms with Crippen molar-refractivity contribution < 1.29 is 9.90 Å². The third kappa shape index (κ3) is 6.09. The minimum Gasteiger partial charge on any atom is -0.396 e. The highest BCUT2D eigenvalue weighted by Gasteiger charge is 2.20. The Morgan fingerprint density at radius 1 is 1.40 bits per heavy atom. The summed E-state index contributed by atoms with van der Waals surface area (Å²) >= 11 is 0. The molecule has 0 aromatic carbocycles. The lowest BCUT2D eigenvalue weighted by Gasteiger charge is -2.35. The fraction of sp³-hybridized carbons (Fsp3) is 0.933. The van der Waals surface area contributed by atoms with E-state index in [2.05, 4.69) is 29.4 Å². The number of carbonyl (C=O) groups excluding carboxylic acids is 1. The van der Waals surface area contributed by atoms with Crippen molar-refractivity contribution in [2.45, 2.75) is 58.5 Å². The van der Waals surface area contributed by atoms with E-state index in [1.807, 2.05) is 6.92 Å². The number of urea groups is 1. The number of hydrogen-bond acceptors (Lipinski definition) is 3. The summed E-state index contributed by atoms with van der Waals surface area (Å²) in [5, 5.41) is 14.8. The number of likely N-dealkylation sites (tertiary alicyclic amines) is 1. The smallest absolute Gasteiger partial charge is 0.315 e. The summed E-state index contributed by atoms with van der Waals surface area (Å²) in [5.74, 6) is 0.832. The van der Waals surface area contributed by atoms with E-state index in [0.29, 0.717) is 19.0 Å². The number of aliphatic hydroxyl groups is 1. The second-order valence-electron chi connectivity index (χ2n) is 6.04. The molecule has 1 fully saturated rings. The minimum atomic E-state index is -0.123. The molecule has 118 valence electrons. The zero-order valence-electron chi connectivity index (χ0n) is 13.2. The number of carbonyl (C=O) groups is 1. The zero-order chi connectivity index (χ0) is 15.0. The van der Waals surface area contributed by atoms with Crippen LogP contribution in [-0.4, -0.2) is 54.4 Å². The molecule has 0 aliphatic carbocycles. The number of rotatable bonds is 7. The summed E-state index contributed by atoms with van der Waals surface area (Å²) in [7, 11) is 0. The molecular formula is C15H31N3O2. The highest BCUT2D eigenvalue weighted by atomic mass is 16.3. The van der Waals surface area contributed by atoms with Crippen molar-refractivity contribution >= 4 is 6.03 Å². The molecule has 5 nitrogen and oxygen atoms in total. The highest BCUT2D eigenvalue weighted by molar-refractivity contribution is 5.74. The molecule has 1 aliphatic rings. The molecule has 2 unspecified atom stereocenters. The number of amides is 2. The molecule has 2 amide bonds. The average Bonchev–Trinajstić information content (AvgIpc) is 2.45. The Bertz CT molecular complexity index is 278. The first-order valence-electron chi connectivity index (χ1n) is 7.96. The van der Waals surface area contributed by atoms with Crippen LogP contribution in [0.15, 0.2) is 0 Å². The molecule has 0 bridgehead atoms. The molecule has 1 heterocycles. The molecule has 20 heavy (non-hydrogen) atoms. The van der Waals surface area contributed by atoms with Crippen LogP contribution >= 0.6 is 0 Å². The molecule has 3 N–H and O–H groups in total. The van der Waals surface area contributed by atoms with Crippen molar-refractivity contribution in [3.8, 4) is 0 Å². The van der Waals surface area contributed by atoms with Gasteiger partial charge < -0.3 is 15.7 Å². The van der Waals surface area contributed by atoms with Crippen molar-refractivity contribution in [1.29, 1.82) is 0 Å². The lowest BCUT2D eigenvalue weighted by molar-refractivity contribution is 0.145. The van der Waals surface area contributed by atoms with Gasteiger partial charge in [-0.15, -0.1) is 0 Å². The predicted octanol–water partition coefficient (Wildman–Crippen LogP) is 1.57. The summed E-state index contributed by atoms with van der Waals surface area (Å²) < 4.78 is 0. The third-order valence-electron chi connectivity index (χ3n) is 4.31. The first kappa shape index (κ1) is 17.2. The van der Waals surface area contributed by atoms with Gasteiger partial charge in [-0.25, -0.2) is 4.79 Å². The van der Waals surface area contributed by atoms with Crippen LogP contribution in [0, 0.1) is 5.92 Å². The average molecular weight is 285 g/mol. The van der Waals surface area contributed by atoms with Gasteiger partial charge in [0.25, 0.3) is 0 Å². The second kappa shape index (κ2) is 9.19. The normalized spacial score (nSPS) is 20.4. The summed E-state index contributed by atoms with van der Waals surface area (Å²) in [6.45, 7) is 9.54. The number of nitrogens with one attached hydrogen (secondary N) is 2. The Labute approximate surface area is 123 Å². The van der Waals surface area contributed by atoms with Gasteiger partial charge in [-0.3, -0.25) is 4.90 Å². The highest BCUT2D eigenvalue weighted by Crippen LogP contribution is 2.17. The van der Waals surface area contributed by atoms with Crippen molar-refractivity contribution in [3.05, 3.63) is 0 Å². The van der Waals surface area contributed by atoms with Crippen LogP contribution < -0.4 is 10.6 Å². The zero-order valence-corrected chi connectivity index (χ0v) is 13.2. The van der Waals surface area contributed by atoms with Crippen LogP contribution in [0.1, 0.15) is 46.5 Å². The molecule has 0 radical (unpaired) electrons. The van der Waals surface area contributed by atoms with E-state index in [1.54, 1.807) is 0 Å². The van der Waals surface area contributed by atoms with Gasteiger partial charge in [-0.05, 0) is 51.6 Å². The lowest BCUT2D eigenvalue weighted by Crippen LogP contribution is -2.49. The largest absolute Gasteiger partial charge is 0.396 e. The van der Waals surface area contributed by atoms with Gasteiger partial charge >= 0.3 is 6.03 Å². The lowest BCUT2D eigenvalue weighted by atomic mass is 9.98. The summed E-state index contributed by atoms with van der Waals surface area (Å²) in [6, 6.07) is 0.319. The third-order valence-corrected chi connectivity index (χ3v) is 4.31. The van der Waals surface area contributed by atoms with Crippen LogP contribution in [0.3, 0.4) is 0 Å². The van der Waals surface area contributed by atoms with Gasteiger partial charge in [0.1, 0.15) is 0 Å². The molecule has 0 saturated carbocycles. The molecule has 1 saturated heterocycles. The molecule has 1 aliphatic heterocycles. The Balaban J connectivity index is 2.22. The topological polar surface area (TPSA) is 64.6 Å². The van der Waals surface area contributed by atoms with Gasteiger partial charge in [0.15, 0.2) is 0 Å². The van der Waals surface area contributed by atoms with Crippen LogP contribution in [0.25, 0.3) is 0 Å². The SMILES string of the molecule is CCC(CCO)NC(=O)NCC(C)N1CCC(C)CC1. The fourth-order valence-electron chi connectivity index (χ4n) is 2.61. The molecule has 0 aromatic rings. The maximum Gasteiger partial charge on any atom is 0.315 e. The van der Waals surface area contributed by atoms with E-state index in [9.17, 15) is 4.79 Å². The molecule has 0 aromatic heterocycles. The number of piperidine rings is 1. The summed E-state index contributed by atoms with van der Waals surface area (Å²) in [5.41, 5.74) is 0. The first-order chi connectivity index (χ1) is 9.56. The Hall–Kier alpha value is -0.810. The van der Waals surface area contributed by atoms with Crippen LogP contribution in [0.4, 0.5) is 4.79 Å². The van der Waals surface area contributed by atoms with Gasteiger partial charge in [0, 0.05) is 25.2 Å². The predicted molar refractivity (Wildman–Crippen MR) is 81.7 cm³/mol. The maximum absolute atomic E-state index is 11.8. The Morgan fingerprint density at radius 2 is 2.05 bits per heavy atom. The monoisotopic (exact) mass is 285 g/mol. The minimum absolute atomic E-state index is 0.0612. The van der Waals surface area contributed by atoms with Crippen LogP contribution in [0.2, 0.25) is 0 Å². The number of aliphatic hydroxyl groups excluding tert-OH is 1. The summed E-state index contributed by atoms with van der Waals surface area (Å²) in [4.78, 5) is 14.3. The van der Waals surface area contributed by atoms with E-state index >= 15 is 0 Å². The quantitative estimate of drug-likeness (QED) is 0.665. The standard InChI is InChI=1S/C15H31N3O2/c1-4-14(7-10-19)17-15(20)16-11-13(3)18-8-5-12(2)6-9-18/h12-14,19H,4-11H2,1-3H3,(H2,16,17,20). The van der Waals surface area contributed by atoms with E-state index in [4.69, 9.17) is 5.11 Å². The van der Waals surface area contributed by atoms with Crippen molar-refractivity contribution in [2.24, 2.45) is 5.92 Å². The van der Waals surface area contributed by atoms with Gasteiger partial charge in [-0.1, -0.05) is 13.8 Å². The molecule has 5 heteroatoms. The van der Waals surface area contributed by atoms with Crippen molar-refractivity contribution in [1.82, 2.24) is 15.5 Å². The second-order valence-corrected chi connectivity index (χ2v) is 6.04. The fourth-order valence-corrected chi connectivity index (χ4v) is 2.61. The van der Waals surface area contributed by atoms with Crippen molar-refractivity contribution in [3.63, 3.8) is 0 Å². The number of hydrogen-bond donors (Lipinski definition) is 3. The van der Waals surface area contributed by atoms with Crippen molar-refractivity contribution in [2.75, 3.05) is 26.2 Å². The van der Waals surface area contributed by atoms with Gasteiger partial charge in [-0.2, -0.15) is 0 Å². The van der Waals surface area contributed by atoms with Gasteiger partial charge in [0.05, 0.1) is 0 Å². The summed E-state index contributed by atoms with van der Waals surface area (Å²) in [6.07, 6.45) is 3.97. The molecule has 1 rings (SSSR count). The van der Waals surface area contributed by atoms with Crippen LogP contribution in [0.5, 0.6) is 0 Å². The number of nitrogens with zero attached hydrogens (tertiary/aromatic N) is 1. The van der Waals surface area contributed by atoms with Crippen LogP contribution in [-0.2, 0) is 0 Å². The van der Waals surface area contributed by atoms with E-state index in [0.717, 1.165) is 25.4 Å². The molecule has 2 atom stereocenters. The van der Waals surface area contributed by atoms with E-state index in [1.165, 1.54) is 12.8 Å². The maximum atomic E-state index is 11.8. The van der Waals surface area contributed by atoms with Gasteiger partial charge in [0.2, 0.25) is 0 Å². The Morgan fingerprint density at radius 3 is 2.60 bits per heavy atom. The first-order valence-corrected chi connectivity index (χ1v) is 7.96. The molecular weight excluding hydrogens is 254 g/mol. The van der Waals surface area contributed by atoms with E-state index in [-0.39, 0.29) is 18.7 Å². The Kier molecular flexibility index (Phi) is 7.92.